The topological polar surface area (TPSA) is 78.5 Å². The van der Waals surface area contributed by atoms with Crippen molar-refractivity contribution in [1.29, 1.82) is 0 Å². The summed E-state index contributed by atoms with van der Waals surface area (Å²) in [6.45, 7) is 2.63. The summed E-state index contributed by atoms with van der Waals surface area (Å²) in [6, 6.07) is 12.0. The Hall–Kier alpha value is -2.67. The molecular weight excluding hydrogens is 374 g/mol. The van der Waals surface area contributed by atoms with E-state index in [9.17, 15) is 14.4 Å². The van der Waals surface area contributed by atoms with Gasteiger partial charge in [-0.15, -0.1) is 11.3 Å². The molecule has 0 aliphatic carbocycles. The van der Waals surface area contributed by atoms with Crippen molar-refractivity contribution in [3.8, 4) is 0 Å². The molecule has 1 aromatic heterocycles. The van der Waals surface area contributed by atoms with E-state index in [4.69, 9.17) is 0 Å². The van der Waals surface area contributed by atoms with E-state index in [1.807, 2.05) is 41.8 Å². The van der Waals surface area contributed by atoms with Gasteiger partial charge in [-0.25, -0.2) is 0 Å². The number of rotatable bonds is 6. The van der Waals surface area contributed by atoms with E-state index >= 15 is 0 Å². The Kier molecular flexibility index (Phi) is 6.81. The number of carbonyl (C=O) groups is 3. The largest absolute Gasteiger partial charge is 0.350 e. The third kappa shape index (κ3) is 4.98. The van der Waals surface area contributed by atoms with E-state index in [-0.39, 0.29) is 17.7 Å². The Labute approximate surface area is 168 Å². The molecule has 2 N–H and O–H groups in total. The van der Waals surface area contributed by atoms with Crippen LogP contribution >= 0.6 is 11.3 Å². The number of carbonyl (C=O) groups excluding carboxylic acids is 3. The molecule has 6 nitrogen and oxygen atoms in total. The molecule has 0 spiro atoms. The first-order chi connectivity index (χ1) is 13.6. The molecule has 1 aromatic carbocycles. The van der Waals surface area contributed by atoms with Gasteiger partial charge in [-0.1, -0.05) is 36.4 Å². The Bertz CT molecular complexity index is 808. The summed E-state index contributed by atoms with van der Waals surface area (Å²) in [4.78, 5) is 40.1. The molecule has 28 heavy (non-hydrogen) atoms. The average Bonchev–Trinajstić information content (AvgIpc) is 3.27. The van der Waals surface area contributed by atoms with Crippen LogP contribution in [0.5, 0.6) is 0 Å². The van der Waals surface area contributed by atoms with Gasteiger partial charge in [-0.2, -0.15) is 0 Å². The third-order valence-corrected chi connectivity index (χ3v) is 5.72. The second-order valence-electron chi connectivity index (χ2n) is 6.92. The van der Waals surface area contributed by atoms with Crippen LogP contribution in [0.1, 0.15) is 41.4 Å². The maximum atomic E-state index is 12.8. The summed E-state index contributed by atoms with van der Waals surface area (Å²) in [5.74, 6) is -0.632. The number of amides is 3. The molecule has 148 valence electrons. The van der Waals surface area contributed by atoms with Crippen LogP contribution in [-0.2, 0) is 16.1 Å². The fraction of sp³-hybridized carbons (Fsp3) is 0.381. The number of likely N-dealkylation sites (tertiary alicyclic amines) is 1. The van der Waals surface area contributed by atoms with E-state index in [1.165, 1.54) is 11.3 Å². The summed E-state index contributed by atoms with van der Waals surface area (Å²) in [5, 5.41) is 7.46. The molecular formula is C21H25N3O3S. The molecule has 2 aromatic rings. The van der Waals surface area contributed by atoms with Crippen LogP contribution in [0.25, 0.3) is 0 Å². The second-order valence-corrected chi connectivity index (χ2v) is 7.87. The summed E-state index contributed by atoms with van der Waals surface area (Å²) in [6.07, 6.45) is 2.39. The lowest BCUT2D eigenvalue weighted by Crippen LogP contribution is -2.55. The Morgan fingerprint density at radius 3 is 2.64 bits per heavy atom. The normalized spacial score (nSPS) is 17.6. The van der Waals surface area contributed by atoms with Crippen LogP contribution in [0.15, 0.2) is 47.8 Å². The molecule has 2 unspecified atom stereocenters. The molecule has 2 heterocycles. The molecule has 0 saturated carbocycles. The van der Waals surface area contributed by atoms with Crippen LogP contribution < -0.4 is 10.6 Å². The Balaban J connectivity index is 1.57. The Morgan fingerprint density at radius 1 is 1.14 bits per heavy atom. The lowest BCUT2D eigenvalue weighted by Gasteiger charge is -2.35. The van der Waals surface area contributed by atoms with E-state index < -0.39 is 12.1 Å². The highest BCUT2D eigenvalue weighted by Gasteiger charge is 2.34. The van der Waals surface area contributed by atoms with E-state index in [0.717, 1.165) is 18.4 Å². The highest BCUT2D eigenvalue weighted by Crippen LogP contribution is 2.22. The zero-order valence-corrected chi connectivity index (χ0v) is 16.7. The van der Waals surface area contributed by atoms with Crippen LogP contribution in [0.4, 0.5) is 0 Å². The maximum absolute atomic E-state index is 12.8. The number of nitrogens with zero attached hydrogens (tertiary/aromatic N) is 1. The Morgan fingerprint density at radius 2 is 1.93 bits per heavy atom. The number of nitrogens with one attached hydrogen (secondary N) is 2. The molecule has 7 heteroatoms. The first kappa shape index (κ1) is 20.1. The minimum absolute atomic E-state index is 0.115. The smallest absolute Gasteiger partial charge is 0.264 e. The van der Waals surface area contributed by atoms with Crippen molar-refractivity contribution in [2.75, 3.05) is 6.54 Å². The predicted molar refractivity (Wildman–Crippen MR) is 109 cm³/mol. The standard InChI is InChI=1S/C21H25N3O3S/c1-15(19(25)22-14-16-8-3-2-4-9-16)23-20(26)17-10-5-6-12-24(17)21(27)18-11-7-13-28-18/h2-4,7-9,11,13,15,17H,5-6,10,12,14H2,1H3,(H,22,25)(H,23,26). The number of hydrogen-bond acceptors (Lipinski definition) is 4. The minimum Gasteiger partial charge on any atom is -0.350 e. The van der Waals surface area contributed by atoms with Gasteiger partial charge in [0.25, 0.3) is 5.91 Å². The van der Waals surface area contributed by atoms with Crippen molar-refractivity contribution >= 4 is 29.1 Å². The summed E-state index contributed by atoms with van der Waals surface area (Å²) in [7, 11) is 0. The summed E-state index contributed by atoms with van der Waals surface area (Å²) >= 11 is 1.37. The fourth-order valence-corrected chi connectivity index (χ4v) is 3.98. The van der Waals surface area contributed by atoms with Gasteiger partial charge in [0.05, 0.1) is 4.88 Å². The first-order valence-corrected chi connectivity index (χ1v) is 10.4. The SMILES string of the molecule is CC(NC(=O)C1CCCCN1C(=O)c1cccs1)C(=O)NCc1ccccc1. The van der Waals surface area contributed by atoms with Crippen molar-refractivity contribution in [3.05, 3.63) is 58.3 Å². The molecule has 3 rings (SSSR count). The van der Waals surface area contributed by atoms with E-state index in [1.54, 1.807) is 17.9 Å². The number of hydrogen-bond donors (Lipinski definition) is 2. The monoisotopic (exact) mass is 399 g/mol. The van der Waals surface area contributed by atoms with Gasteiger partial charge in [0.1, 0.15) is 12.1 Å². The fourth-order valence-electron chi connectivity index (χ4n) is 3.30. The lowest BCUT2D eigenvalue weighted by molar-refractivity contribution is -0.131. The summed E-state index contributed by atoms with van der Waals surface area (Å²) in [5.41, 5.74) is 0.995. The van der Waals surface area contributed by atoms with Crippen molar-refractivity contribution in [2.45, 2.75) is 44.8 Å². The van der Waals surface area contributed by atoms with Crippen LogP contribution in [0.2, 0.25) is 0 Å². The molecule has 1 fully saturated rings. The van der Waals surface area contributed by atoms with Gasteiger partial charge >= 0.3 is 0 Å². The molecule has 0 bridgehead atoms. The number of benzene rings is 1. The zero-order chi connectivity index (χ0) is 19.9. The summed E-state index contributed by atoms with van der Waals surface area (Å²) < 4.78 is 0. The van der Waals surface area contributed by atoms with Gasteiger partial charge in [0, 0.05) is 13.1 Å². The molecule has 1 aliphatic rings. The number of thiophene rings is 1. The van der Waals surface area contributed by atoms with Crippen molar-refractivity contribution in [3.63, 3.8) is 0 Å². The van der Waals surface area contributed by atoms with Crippen LogP contribution in [0, 0.1) is 0 Å². The van der Waals surface area contributed by atoms with Gasteiger partial charge in [0.15, 0.2) is 0 Å². The van der Waals surface area contributed by atoms with Gasteiger partial charge in [0.2, 0.25) is 11.8 Å². The highest BCUT2D eigenvalue weighted by molar-refractivity contribution is 7.12. The predicted octanol–water partition coefficient (Wildman–Crippen LogP) is 2.56. The molecule has 0 radical (unpaired) electrons. The van der Waals surface area contributed by atoms with E-state index in [2.05, 4.69) is 10.6 Å². The van der Waals surface area contributed by atoms with Gasteiger partial charge in [-0.3, -0.25) is 14.4 Å². The zero-order valence-electron chi connectivity index (χ0n) is 15.9. The molecule has 1 saturated heterocycles. The molecule has 1 aliphatic heterocycles. The minimum atomic E-state index is -0.670. The van der Waals surface area contributed by atoms with E-state index in [0.29, 0.717) is 24.4 Å². The van der Waals surface area contributed by atoms with Gasteiger partial charge < -0.3 is 15.5 Å². The molecule has 2 atom stereocenters. The quantitative estimate of drug-likeness (QED) is 0.784. The second kappa shape index (κ2) is 9.50. The maximum Gasteiger partial charge on any atom is 0.264 e. The van der Waals surface area contributed by atoms with Crippen molar-refractivity contribution in [1.82, 2.24) is 15.5 Å². The first-order valence-electron chi connectivity index (χ1n) is 9.52. The van der Waals surface area contributed by atoms with Crippen LogP contribution in [-0.4, -0.2) is 41.2 Å². The highest BCUT2D eigenvalue weighted by atomic mass is 32.1. The third-order valence-electron chi connectivity index (χ3n) is 4.86. The number of piperidine rings is 1. The van der Waals surface area contributed by atoms with Crippen molar-refractivity contribution < 1.29 is 14.4 Å². The van der Waals surface area contributed by atoms with Crippen LogP contribution in [0.3, 0.4) is 0 Å². The average molecular weight is 400 g/mol. The van der Waals surface area contributed by atoms with Crippen molar-refractivity contribution in [2.24, 2.45) is 0 Å². The van der Waals surface area contributed by atoms with Gasteiger partial charge in [-0.05, 0) is 43.2 Å². The lowest BCUT2D eigenvalue weighted by atomic mass is 10.0. The molecule has 3 amide bonds.